The van der Waals surface area contributed by atoms with E-state index >= 15 is 0 Å². The van der Waals surface area contributed by atoms with Gasteiger partial charge in [-0.3, -0.25) is 0 Å². The van der Waals surface area contributed by atoms with Crippen LogP contribution in [0.1, 0.15) is 6.42 Å². The molecule has 0 unspecified atom stereocenters. The summed E-state index contributed by atoms with van der Waals surface area (Å²) in [6.07, 6.45) is 2.84. The van der Waals surface area contributed by atoms with Crippen LogP contribution in [0.4, 0.5) is 11.5 Å². The van der Waals surface area contributed by atoms with Crippen LogP contribution in [0.2, 0.25) is 0 Å². The van der Waals surface area contributed by atoms with Crippen molar-refractivity contribution < 1.29 is 5.11 Å². The van der Waals surface area contributed by atoms with E-state index in [9.17, 15) is 0 Å². The van der Waals surface area contributed by atoms with E-state index in [-0.39, 0.29) is 6.61 Å². The van der Waals surface area contributed by atoms with E-state index in [1.165, 1.54) is 0 Å². The highest BCUT2D eigenvalue weighted by atomic mass is 16.3. The summed E-state index contributed by atoms with van der Waals surface area (Å²) in [6, 6.07) is 3.78. The minimum Gasteiger partial charge on any atom is -0.396 e. The lowest BCUT2D eigenvalue weighted by atomic mass is 10.1. The summed E-state index contributed by atoms with van der Waals surface area (Å²) < 4.78 is 0. The molecule has 1 saturated heterocycles. The molecule has 0 aromatic carbocycles. The SMILES string of the molecule is Nc1ccc(N2CC[C@H](CO)C2)cn1. The van der Waals surface area contributed by atoms with E-state index in [0.717, 1.165) is 25.2 Å². The Balaban J connectivity index is 2.06. The Kier molecular flexibility index (Phi) is 2.54. The van der Waals surface area contributed by atoms with Gasteiger partial charge in [-0.15, -0.1) is 0 Å². The summed E-state index contributed by atoms with van der Waals surface area (Å²) in [5, 5.41) is 9.01. The minimum absolute atomic E-state index is 0.277. The van der Waals surface area contributed by atoms with Crippen molar-refractivity contribution in [2.24, 2.45) is 5.92 Å². The van der Waals surface area contributed by atoms with Gasteiger partial charge in [-0.25, -0.2) is 4.98 Å². The van der Waals surface area contributed by atoms with Crippen molar-refractivity contribution in [3.05, 3.63) is 18.3 Å². The van der Waals surface area contributed by atoms with Gasteiger partial charge in [0.1, 0.15) is 5.82 Å². The molecule has 1 aliphatic heterocycles. The first-order valence-corrected chi connectivity index (χ1v) is 4.87. The van der Waals surface area contributed by atoms with Gasteiger partial charge in [0.05, 0.1) is 11.9 Å². The molecule has 0 aliphatic carbocycles. The first kappa shape index (κ1) is 9.27. The summed E-state index contributed by atoms with van der Waals surface area (Å²) >= 11 is 0. The van der Waals surface area contributed by atoms with E-state index in [4.69, 9.17) is 10.8 Å². The number of nitrogen functional groups attached to an aromatic ring is 1. The number of anilines is 2. The van der Waals surface area contributed by atoms with Crippen LogP contribution in [0.3, 0.4) is 0 Å². The van der Waals surface area contributed by atoms with Gasteiger partial charge in [0.2, 0.25) is 0 Å². The van der Waals surface area contributed by atoms with E-state index in [1.54, 1.807) is 6.20 Å². The number of rotatable bonds is 2. The quantitative estimate of drug-likeness (QED) is 0.717. The predicted molar refractivity (Wildman–Crippen MR) is 56.1 cm³/mol. The molecule has 0 amide bonds. The standard InChI is InChI=1S/C10H15N3O/c11-10-2-1-9(5-12-10)13-4-3-8(6-13)7-14/h1-2,5,8,14H,3-4,6-7H2,(H2,11,12)/t8-/m0/s1. The molecular weight excluding hydrogens is 178 g/mol. The lowest BCUT2D eigenvalue weighted by molar-refractivity contribution is 0.238. The zero-order valence-corrected chi connectivity index (χ0v) is 8.06. The molecule has 0 bridgehead atoms. The highest BCUT2D eigenvalue weighted by Crippen LogP contribution is 2.22. The number of hydrogen-bond acceptors (Lipinski definition) is 4. The molecule has 1 fully saturated rings. The van der Waals surface area contributed by atoms with E-state index in [0.29, 0.717) is 11.7 Å². The molecule has 4 nitrogen and oxygen atoms in total. The zero-order chi connectivity index (χ0) is 9.97. The third kappa shape index (κ3) is 1.80. The smallest absolute Gasteiger partial charge is 0.123 e. The third-order valence-corrected chi connectivity index (χ3v) is 2.68. The maximum Gasteiger partial charge on any atom is 0.123 e. The molecule has 0 spiro atoms. The van der Waals surface area contributed by atoms with Crippen molar-refractivity contribution in [2.45, 2.75) is 6.42 Å². The Morgan fingerprint density at radius 2 is 2.43 bits per heavy atom. The first-order valence-electron chi connectivity index (χ1n) is 4.87. The largest absolute Gasteiger partial charge is 0.396 e. The molecule has 4 heteroatoms. The molecular formula is C10H15N3O. The average Bonchev–Trinajstić information content (AvgIpc) is 2.67. The number of aliphatic hydroxyl groups is 1. The van der Waals surface area contributed by atoms with Crippen molar-refractivity contribution >= 4 is 11.5 Å². The van der Waals surface area contributed by atoms with Crippen LogP contribution >= 0.6 is 0 Å². The molecule has 1 aromatic rings. The predicted octanol–water partition coefficient (Wildman–Crippen LogP) is 0.482. The lowest BCUT2D eigenvalue weighted by Gasteiger charge is -2.17. The van der Waals surface area contributed by atoms with Crippen LogP contribution in [0, 0.1) is 5.92 Å². The summed E-state index contributed by atoms with van der Waals surface area (Å²) in [6.45, 7) is 2.19. The van der Waals surface area contributed by atoms with Crippen LogP contribution in [0.25, 0.3) is 0 Å². The highest BCUT2D eigenvalue weighted by Gasteiger charge is 2.21. The second-order valence-electron chi connectivity index (χ2n) is 3.72. The lowest BCUT2D eigenvalue weighted by Crippen LogP contribution is -2.20. The number of pyridine rings is 1. The fourth-order valence-corrected chi connectivity index (χ4v) is 1.80. The number of aromatic nitrogens is 1. The summed E-state index contributed by atoms with van der Waals surface area (Å²) in [5.74, 6) is 0.958. The van der Waals surface area contributed by atoms with Crippen molar-refractivity contribution in [2.75, 3.05) is 30.3 Å². The van der Waals surface area contributed by atoms with Crippen molar-refractivity contribution in [3.63, 3.8) is 0 Å². The van der Waals surface area contributed by atoms with Gasteiger partial charge in [-0.2, -0.15) is 0 Å². The van der Waals surface area contributed by atoms with Crippen LogP contribution in [-0.4, -0.2) is 29.8 Å². The van der Waals surface area contributed by atoms with Crippen LogP contribution in [0.5, 0.6) is 0 Å². The maximum absolute atomic E-state index is 9.01. The Morgan fingerprint density at radius 1 is 1.57 bits per heavy atom. The van der Waals surface area contributed by atoms with Crippen LogP contribution < -0.4 is 10.6 Å². The van der Waals surface area contributed by atoms with Crippen LogP contribution in [-0.2, 0) is 0 Å². The summed E-state index contributed by atoms with van der Waals surface area (Å²) in [7, 11) is 0. The maximum atomic E-state index is 9.01. The second kappa shape index (κ2) is 3.84. The molecule has 2 rings (SSSR count). The minimum atomic E-state index is 0.277. The number of nitrogens with two attached hydrogens (primary N) is 1. The van der Waals surface area contributed by atoms with Gasteiger partial charge >= 0.3 is 0 Å². The summed E-state index contributed by atoms with van der Waals surface area (Å²) in [4.78, 5) is 6.28. The van der Waals surface area contributed by atoms with Crippen molar-refractivity contribution in [1.82, 2.24) is 4.98 Å². The molecule has 3 N–H and O–H groups in total. The monoisotopic (exact) mass is 193 g/mol. The van der Waals surface area contributed by atoms with Gasteiger partial charge in [-0.05, 0) is 18.6 Å². The third-order valence-electron chi connectivity index (χ3n) is 2.68. The van der Waals surface area contributed by atoms with Crippen molar-refractivity contribution in [1.29, 1.82) is 0 Å². The Hall–Kier alpha value is -1.29. The fraction of sp³-hybridized carbons (Fsp3) is 0.500. The molecule has 1 aliphatic rings. The van der Waals surface area contributed by atoms with Crippen LogP contribution in [0.15, 0.2) is 18.3 Å². The number of aliphatic hydroxyl groups excluding tert-OH is 1. The Bertz CT molecular complexity index is 299. The van der Waals surface area contributed by atoms with E-state index in [1.807, 2.05) is 12.1 Å². The van der Waals surface area contributed by atoms with E-state index < -0.39 is 0 Å². The van der Waals surface area contributed by atoms with Gasteiger partial charge in [0, 0.05) is 25.6 Å². The number of nitrogens with zero attached hydrogens (tertiary/aromatic N) is 2. The number of hydrogen-bond donors (Lipinski definition) is 2. The molecule has 1 aromatic heterocycles. The van der Waals surface area contributed by atoms with Gasteiger partial charge in [0.25, 0.3) is 0 Å². The molecule has 2 heterocycles. The fourth-order valence-electron chi connectivity index (χ4n) is 1.80. The topological polar surface area (TPSA) is 62.4 Å². The molecule has 14 heavy (non-hydrogen) atoms. The first-order chi connectivity index (χ1) is 6.79. The normalized spacial score (nSPS) is 21.5. The molecule has 0 saturated carbocycles. The average molecular weight is 193 g/mol. The zero-order valence-electron chi connectivity index (χ0n) is 8.06. The van der Waals surface area contributed by atoms with Gasteiger partial charge in [-0.1, -0.05) is 0 Å². The highest BCUT2D eigenvalue weighted by molar-refractivity contribution is 5.48. The summed E-state index contributed by atoms with van der Waals surface area (Å²) in [5.41, 5.74) is 6.60. The Morgan fingerprint density at radius 3 is 3.00 bits per heavy atom. The molecule has 1 atom stereocenters. The van der Waals surface area contributed by atoms with Gasteiger partial charge < -0.3 is 15.7 Å². The van der Waals surface area contributed by atoms with Gasteiger partial charge in [0.15, 0.2) is 0 Å². The molecule has 0 radical (unpaired) electrons. The van der Waals surface area contributed by atoms with E-state index in [2.05, 4.69) is 9.88 Å². The second-order valence-corrected chi connectivity index (χ2v) is 3.72. The Labute approximate surface area is 83.4 Å². The molecule has 76 valence electrons. The van der Waals surface area contributed by atoms with Crippen molar-refractivity contribution in [3.8, 4) is 0 Å².